The molecule has 98 valence electrons. The van der Waals surface area contributed by atoms with Gasteiger partial charge in [0.2, 0.25) is 0 Å². The van der Waals surface area contributed by atoms with E-state index in [1.807, 2.05) is 6.07 Å². The molecule has 1 aromatic carbocycles. The van der Waals surface area contributed by atoms with Crippen LogP contribution in [0.25, 0.3) is 0 Å². The van der Waals surface area contributed by atoms with Crippen molar-refractivity contribution in [3.8, 4) is 0 Å². The number of carboxylic acid groups (broad SMARTS) is 1. The number of aliphatic carboxylic acids is 1. The second-order valence-corrected chi connectivity index (χ2v) is 5.23. The van der Waals surface area contributed by atoms with Gasteiger partial charge in [-0.15, -0.1) is 0 Å². The number of hydrogen-bond donors (Lipinski definition) is 2. The smallest absolute Gasteiger partial charge is 0.305 e. The molecule has 0 aromatic heterocycles. The Morgan fingerprint density at radius 3 is 2.67 bits per heavy atom. The lowest BCUT2D eigenvalue weighted by Crippen LogP contribution is -2.24. The van der Waals surface area contributed by atoms with Gasteiger partial charge in [0.15, 0.2) is 0 Å². The minimum Gasteiger partial charge on any atom is -0.481 e. The van der Waals surface area contributed by atoms with Crippen molar-refractivity contribution < 1.29 is 9.90 Å². The molecule has 1 heterocycles. The fourth-order valence-corrected chi connectivity index (χ4v) is 2.34. The van der Waals surface area contributed by atoms with E-state index >= 15 is 0 Å². The summed E-state index contributed by atoms with van der Waals surface area (Å²) in [7, 11) is 0. The topological polar surface area (TPSA) is 66.6 Å². The predicted molar refractivity (Wildman–Crippen MR) is 70.0 cm³/mol. The molecule has 0 radical (unpaired) electrons. The SMILES string of the molecule is CC(C)N1Cc2ccc(C(N)CC(=O)O)cc2C1. The molecule has 0 saturated carbocycles. The Kier molecular flexibility index (Phi) is 3.68. The van der Waals surface area contributed by atoms with Crippen molar-refractivity contribution in [1.29, 1.82) is 0 Å². The van der Waals surface area contributed by atoms with E-state index in [1.165, 1.54) is 11.1 Å². The summed E-state index contributed by atoms with van der Waals surface area (Å²) in [6, 6.07) is 6.20. The third-order valence-electron chi connectivity index (χ3n) is 3.53. The monoisotopic (exact) mass is 248 g/mol. The molecule has 4 heteroatoms. The van der Waals surface area contributed by atoms with Crippen molar-refractivity contribution in [2.24, 2.45) is 5.73 Å². The zero-order valence-corrected chi connectivity index (χ0v) is 10.9. The van der Waals surface area contributed by atoms with E-state index in [1.54, 1.807) is 0 Å². The third-order valence-corrected chi connectivity index (χ3v) is 3.53. The first-order valence-electron chi connectivity index (χ1n) is 6.30. The Balaban J connectivity index is 2.15. The van der Waals surface area contributed by atoms with Crippen LogP contribution in [0.3, 0.4) is 0 Å². The van der Waals surface area contributed by atoms with Crippen molar-refractivity contribution in [3.05, 3.63) is 34.9 Å². The molecule has 3 N–H and O–H groups in total. The molecule has 1 aliphatic rings. The zero-order valence-electron chi connectivity index (χ0n) is 10.9. The normalized spacial score (nSPS) is 16.9. The van der Waals surface area contributed by atoms with Gasteiger partial charge in [-0.1, -0.05) is 18.2 Å². The van der Waals surface area contributed by atoms with E-state index in [-0.39, 0.29) is 6.42 Å². The quantitative estimate of drug-likeness (QED) is 0.854. The molecule has 0 bridgehead atoms. The van der Waals surface area contributed by atoms with E-state index in [0.29, 0.717) is 6.04 Å². The van der Waals surface area contributed by atoms with Crippen LogP contribution in [0.5, 0.6) is 0 Å². The van der Waals surface area contributed by atoms with Gasteiger partial charge in [0, 0.05) is 25.2 Å². The van der Waals surface area contributed by atoms with E-state index in [2.05, 4.69) is 30.9 Å². The number of benzene rings is 1. The van der Waals surface area contributed by atoms with Crippen LogP contribution in [0, 0.1) is 0 Å². The Bertz CT molecular complexity index is 457. The van der Waals surface area contributed by atoms with Crippen LogP contribution < -0.4 is 5.73 Å². The molecular formula is C14H20N2O2. The van der Waals surface area contributed by atoms with Crippen LogP contribution >= 0.6 is 0 Å². The Hall–Kier alpha value is -1.39. The highest BCUT2D eigenvalue weighted by atomic mass is 16.4. The molecule has 1 unspecified atom stereocenters. The van der Waals surface area contributed by atoms with Crippen molar-refractivity contribution in [2.75, 3.05) is 0 Å². The molecule has 0 spiro atoms. The van der Waals surface area contributed by atoms with Gasteiger partial charge in [0.05, 0.1) is 6.42 Å². The third kappa shape index (κ3) is 2.71. The average Bonchev–Trinajstić information content (AvgIpc) is 2.70. The first kappa shape index (κ1) is 13.1. The highest BCUT2D eigenvalue weighted by Gasteiger charge is 2.22. The summed E-state index contributed by atoms with van der Waals surface area (Å²) in [5, 5.41) is 8.77. The maximum absolute atomic E-state index is 10.7. The van der Waals surface area contributed by atoms with Gasteiger partial charge in [-0.25, -0.2) is 0 Å². The Morgan fingerprint density at radius 1 is 1.39 bits per heavy atom. The van der Waals surface area contributed by atoms with E-state index in [0.717, 1.165) is 18.7 Å². The summed E-state index contributed by atoms with van der Waals surface area (Å²) < 4.78 is 0. The molecule has 2 rings (SSSR count). The Labute approximate surface area is 107 Å². The minimum absolute atomic E-state index is 0.0211. The fraction of sp³-hybridized carbons (Fsp3) is 0.500. The second kappa shape index (κ2) is 5.08. The predicted octanol–water partition coefficient (Wildman–Crippen LogP) is 1.89. The number of carbonyl (C=O) groups is 1. The van der Waals surface area contributed by atoms with Crippen LogP contribution in [-0.4, -0.2) is 22.0 Å². The van der Waals surface area contributed by atoms with Crippen molar-refractivity contribution in [2.45, 2.75) is 45.4 Å². The molecule has 0 fully saturated rings. The van der Waals surface area contributed by atoms with Crippen LogP contribution in [-0.2, 0) is 17.9 Å². The number of rotatable bonds is 4. The van der Waals surface area contributed by atoms with Crippen LogP contribution in [0.2, 0.25) is 0 Å². The lowest BCUT2D eigenvalue weighted by molar-refractivity contribution is -0.137. The van der Waals surface area contributed by atoms with Crippen LogP contribution in [0.15, 0.2) is 18.2 Å². The number of hydrogen-bond acceptors (Lipinski definition) is 3. The Morgan fingerprint density at radius 2 is 2.06 bits per heavy atom. The summed E-state index contributed by atoms with van der Waals surface area (Å²) >= 11 is 0. The maximum atomic E-state index is 10.7. The first-order chi connectivity index (χ1) is 8.47. The fourth-order valence-electron chi connectivity index (χ4n) is 2.34. The lowest BCUT2D eigenvalue weighted by atomic mass is 10.00. The summed E-state index contributed by atoms with van der Waals surface area (Å²) in [5.74, 6) is -0.855. The van der Waals surface area contributed by atoms with Crippen molar-refractivity contribution >= 4 is 5.97 Å². The first-order valence-corrected chi connectivity index (χ1v) is 6.30. The molecule has 0 amide bonds. The van der Waals surface area contributed by atoms with Gasteiger partial charge >= 0.3 is 5.97 Å². The highest BCUT2D eigenvalue weighted by molar-refractivity contribution is 5.67. The minimum atomic E-state index is -0.855. The summed E-state index contributed by atoms with van der Waals surface area (Å²) in [5.41, 5.74) is 9.42. The molecule has 18 heavy (non-hydrogen) atoms. The van der Waals surface area contributed by atoms with Gasteiger partial charge in [0.1, 0.15) is 0 Å². The van der Waals surface area contributed by atoms with E-state index in [4.69, 9.17) is 10.8 Å². The molecular weight excluding hydrogens is 228 g/mol. The van der Waals surface area contributed by atoms with E-state index < -0.39 is 12.0 Å². The molecule has 1 atom stereocenters. The average molecular weight is 248 g/mol. The summed E-state index contributed by atoms with van der Waals surface area (Å²) in [4.78, 5) is 13.1. The number of fused-ring (bicyclic) bond motifs is 1. The molecule has 1 aromatic rings. The standard InChI is InChI=1S/C14H20N2O2/c1-9(2)16-7-11-4-3-10(5-12(11)8-16)13(15)6-14(17)18/h3-5,9,13H,6-8,15H2,1-2H3,(H,17,18). The van der Waals surface area contributed by atoms with Gasteiger partial charge < -0.3 is 10.8 Å². The number of carboxylic acids is 1. The van der Waals surface area contributed by atoms with Gasteiger partial charge in [-0.3, -0.25) is 9.69 Å². The maximum Gasteiger partial charge on any atom is 0.305 e. The number of nitrogens with zero attached hydrogens (tertiary/aromatic N) is 1. The molecule has 0 aliphatic carbocycles. The highest BCUT2D eigenvalue weighted by Crippen LogP contribution is 2.27. The number of nitrogens with two attached hydrogens (primary N) is 1. The van der Waals surface area contributed by atoms with Gasteiger partial charge in [-0.2, -0.15) is 0 Å². The van der Waals surface area contributed by atoms with Crippen molar-refractivity contribution in [1.82, 2.24) is 4.90 Å². The molecule has 4 nitrogen and oxygen atoms in total. The largest absolute Gasteiger partial charge is 0.481 e. The summed E-state index contributed by atoms with van der Waals surface area (Å²) in [6.07, 6.45) is -0.0211. The molecule has 1 aliphatic heterocycles. The second-order valence-electron chi connectivity index (χ2n) is 5.23. The van der Waals surface area contributed by atoms with Gasteiger partial charge in [0.25, 0.3) is 0 Å². The summed E-state index contributed by atoms with van der Waals surface area (Å²) in [6.45, 7) is 6.27. The molecule has 0 saturated heterocycles. The van der Waals surface area contributed by atoms with Gasteiger partial charge in [-0.05, 0) is 30.5 Å². The van der Waals surface area contributed by atoms with Crippen LogP contribution in [0.4, 0.5) is 0 Å². The van der Waals surface area contributed by atoms with Crippen LogP contribution in [0.1, 0.15) is 43.0 Å². The zero-order chi connectivity index (χ0) is 13.3. The van der Waals surface area contributed by atoms with Crippen molar-refractivity contribution in [3.63, 3.8) is 0 Å². The lowest BCUT2D eigenvalue weighted by Gasteiger charge is -2.18. The van der Waals surface area contributed by atoms with E-state index in [9.17, 15) is 4.79 Å².